The molecule has 0 bridgehead atoms. The average molecular weight is 374 g/mol. The molecule has 3 aromatic rings. The smallest absolute Gasteiger partial charge is 0.245 e. The Kier molecular flexibility index (Phi) is 4.17. The summed E-state index contributed by atoms with van der Waals surface area (Å²) in [5.41, 5.74) is 1.34. The number of rotatable bonds is 3. The molecule has 1 aliphatic rings. The SMILES string of the molecule is Cc1cc(S(=O)(=O)N2CCOC(c3nnnn3C)C2)c2ncccc2c1. The molecule has 26 heavy (non-hydrogen) atoms. The van der Waals surface area contributed by atoms with Gasteiger partial charge in [-0.1, -0.05) is 6.07 Å². The first kappa shape index (κ1) is 17.0. The van der Waals surface area contributed by atoms with E-state index in [-0.39, 0.29) is 24.6 Å². The van der Waals surface area contributed by atoms with Gasteiger partial charge in [-0.25, -0.2) is 13.1 Å². The van der Waals surface area contributed by atoms with Gasteiger partial charge in [0, 0.05) is 31.7 Å². The van der Waals surface area contributed by atoms with Crippen molar-refractivity contribution in [2.45, 2.75) is 17.9 Å². The minimum Gasteiger partial charge on any atom is -0.367 e. The number of tetrazole rings is 1. The Bertz CT molecular complexity index is 1060. The van der Waals surface area contributed by atoms with Gasteiger partial charge in [0.05, 0.1) is 12.1 Å². The number of ether oxygens (including phenoxy) is 1. The zero-order valence-corrected chi connectivity index (χ0v) is 15.2. The lowest BCUT2D eigenvalue weighted by molar-refractivity contribution is -0.00950. The van der Waals surface area contributed by atoms with Gasteiger partial charge in [-0.2, -0.15) is 4.31 Å². The molecule has 0 spiro atoms. The number of morpholine rings is 1. The largest absolute Gasteiger partial charge is 0.367 e. The molecule has 1 fully saturated rings. The van der Waals surface area contributed by atoms with Crippen molar-refractivity contribution in [3.8, 4) is 0 Å². The highest BCUT2D eigenvalue weighted by Gasteiger charge is 2.34. The van der Waals surface area contributed by atoms with Gasteiger partial charge in [-0.05, 0) is 41.1 Å². The number of aryl methyl sites for hydroxylation is 2. The third-order valence-electron chi connectivity index (χ3n) is 4.40. The standard InChI is InChI=1S/C16H18N6O3S/c1-11-8-12-4-3-5-17-15(12)14(9-11)26(23,24)22-6-7-25-13(10-22)16-18-19-20-21(16)2/h3-5,8-9,13H,6-7,10H2,1-2H3. The summed E-state index contributed by atoms with van der Waals surface area (Å²) >= 11 is 0. The maximum absolute atomic E-state index is 13.3. The van der Waals surface area contributed by atoms with Gasteiger partial charge >= 0.3 is 0 Å². The number of sulfonamides is 1. The minimum absolute atomic E-state index is 0.152. The molecule has 2 aromatic heterocycles. The van der Waals surface area contributed by atoms with Crippen LogP contribution in [0.5, 0.6) is 0 Å². The Balaban J connectivity index is 1.74. The van der Waals surface area contributed by atoms with Crippen LogP contribution < -0.4 is 0 Å². The lowest BCUT2D eigenvalue weighted by Gasteiger charge is -2.31. The predicted octanol–water partition coefficient (Wildman–Crippen LogP) is 0.829. The fourth-order valence-electron chi connectivity index (χ4n) is 3.15. The molecule has 0 radical (unpaired) electrons. The lowest BCUT2D eigenvalue weighted by atomic mass is 10.1. The summed E-state index contributed by atoms with van der Waals surface area (Å²) < 4.78 is 35.2. The van der Waals surface area contributed by atoms with Gasteiger partial charge in [-0.3, -0.25) is 4.98 Å². The first-order chi connectivity index (χ1) is 12.5. The summed E-state index contributed by atoms with van der Waals surface area (Å²) in [5.74, 6) is 0.497. The van der Waals surface area contributed by atoms with Crippen molar-refractivity contribution >= 4 is 20.9 Å². The molecule has 1 atom stereocenters. The second-order valence-electron chi connectivity index (χ2n) is 6.22. The first-order valence-corrected chi connectivity index (χ1v) is 9.60. The monoisotopic (exact) mass is 374 g/mol. The lowest BCUT2D eigenvalue weighted by Crippen LogP contribution is -2.42. The van der Waals surface area contributed by atoms with Crippen molar-refractivity contribution in [3.05, 3.63) is 41.9 Å². The van der Waals surface area contributed by atoms with E-state index in [4.69, 9.17) is 4.74 Å². The Labute approximate surface area is 150 Å². The normalized spacial score (nSPS) is 19.1. The molecule has 10 heteroatoms. The molecule has 0 aliphatic carbocycles. The maximum atomic E-state index is 13.3. The van der Waals surface area contributed by atoms with E-state index in [0.717, 1.165) is 10.9 Å². The third-order valence-corrected chi connectivity index (χ3v) is 6.28. The molecule has 0 amide bonds. The van der Waals surface area contributed by atoms with Gasteiger partial charge in [0.25, 0.3) is 0 Å². The molecule has 4 rings (SSSR count). The van der Waals surface area contributed by atoms with E-state index in [2.05, 4.69) is 20.5 Å². The highest BCUT2D eigenvalue weighted by atomic mass is 32.2. The predicted molar refractivity (Wildman–Crippen MR) is 92.7 cm³/mol. The number of hydrogen-bond acceptors (Lipinski definition) is 7. The molecule has 0 N–H and O–H groups in total. The molecule has 1 aromatic carbocycles. The summed E-state index contributed by atoms with van der Waals surface area (Å²) in [6, 6.07) is 7.25. The molecule has 1 saturated heterocycles. The van der Waals surface area contributed by atoms with Gasteiger partial charge in [0.15, 0.2) is 5.82 Å². The minimum atomic E-state index is -3.73. The highest BCUT2D eigenvalue weighted by Crippen LogP contribution is 2.29. The van der Waals surface area contributed by atoms with Crippen molar-refractivity contribution in [3.63, 3.8) is 0 Å². The number of nitrogens with zero attached hydrogens (tertiary/aromatic N) is 6. The fourth-order valence-corrected chi connectivity index (χ4v) is 4.82. The molecular formula is C16H18N6O3S. The van der Waals surface area contributed by atoms with E-state index in [1.54, 1.807) is 25.4 Å². The zero-order valence-electron chi connectivity index (χ0n) is 14.4. The van der Waals surface area contributed by atoms with Gasteiger partial charge < -0.3 is 4.74 Å². The Hall–Kier alpha value is -2.43. The quantitative estimate of drug-likeness (QED) is 0.669. The van der Waals surface area contributed by atoms with Gasteiger partial charge in [0.1, 0.15) is 11.0 Å². The number of fused-ring (bicyclic) bond motifs is 1. The molecule has 1 unspecified atom stereocenters. The van der Waals surface area contributed by atoms with Crippen LogP contribution in [0.15, 0.2) is 35.4 Å². The summed E-state index contributed by atoms with van der Waals surface area (Å²) in [6.45, 7) is 2.57. The first-order valence-electron chi connectivity index (χ1n) is 8.16. The number of pyridine rings is 1. The Morgan fingerprint density at radius 1 is 1.31 bits per heavy atom. The van der Waals surface area contributed by atoms with Gasteiger partial charge in [-0.15, -0.1) is 5.10 Å². The van der Waals surface area contributed by atoms with Crippen molar-refractivity contribution in [1.82, 2.24) is 29.5 Å². The van der Waals surface area contributed by atoms with Crippen LogP contribution in [0.25, 0.3) is 10.9 Å². The van der Waals surface area contributed by atoms with E-state index in [0.29, 0.717) is 11.3 Å². The topological polar surface area (TPSA) is 103 Å². The van der Waals surface area contributed by atoms with E-state index >= 15 is 0 Å². The van der Waals surface area contributed by atoms with Crippen LogP contribution in [0, 0.1) is 6.92 Å². The molecule has 0 saturated carbocycles. The number of benzene rings is 1. The summed E-state index contributed by atoms with van der Waals surface area (Å²) in [4.78, 5) is 4.51. The summed E-state index contributed by atoms with van der Waals surface area (Å²) in [7, 11) is -2.04. The van der Waals surface area contributed by atoms with Crippen LogP contribution in [0.2, 0.25) is 0 Å². The molecule has 9 nitrogen and oxygen atoms in total. The van der Waals surface area contributed by atoms with Crippen LogP contribution in [-0.2, 0) is 21.8 Å². The van der Waals surface area contributed by atoms with Crippen LogP contribution >= 0.6 is 0 Å². The van der Waals surface area contributed by atoms with Crippen molar-refractivity contribution in [1.29, 1.82) is 0 Å². The molecule has 136 valence electrons. The Morgan fingerprint density at radius 2 is 2.15 bits per heavy atom. The second kappa shape index (κ2) is 6.38. The van der Waals surface area contributed by atoms with Crippen LogP contribution in [0.1, 0.15) is 17.5 Å². The maximum Gasteiger partial charge on any atom is 0.245 e. The Morgan fingerprint density at radius 3 is 2.92 bits per heavy atom. The molecular weight excluding hydrogens is 356 g/mol. The highest BCUT2D eigenvalue weighted by molar-refractivity contribution is 7.89. The van der Waals surface area contributed by atoms with Crippen LogP contribution in [0.4, 0.5) is 0 Å². The van der Waals surface area contributed by atoms with E-state index in [9.17, 15) is 8.42 Å². The van der Waals surface area contributed by atoms with Crippen LogP contribution in [0.3, 0.4) is 0 Å². The van der Waals surface area contributed by atoms with Gasteiger partial charge in [0.2, 0.25) is 10.0 Å². The van der Waals surface area contributed by atoms with E-state index < -0.39 is 16.1 Å². The van der Waals surface area contributed by atoms with Crippen LogP contribution in [-0.4, -0.2) is 57.6 Å². The van der Waals surface area contributed by atoms with E-state index in [1.165, 1.54) is 8.99 Å². The number of hydrogen-bond donors (Lipinski definition) is 0. The number of aromatic nitrogens is 5. The third kappa shape index (κ3) is 2.85. The second-order valence-corrected chi connectivity index (χ2v) is 8.13. The van der Waals surface area contributed by atoms with Crippen molar-refractivity contribution in [2.75, 3.05) is 19.7 Å². The fraction of sp³-hybridized carbons (Fsp3) is 0.375. The molecule has 1 aliphatic heterocycles. The van der Waals surface area contributed by atoms with Crippen molar-refractivity contribution in [2.24, 2.45) is 7.05 Å². The average Bonchev–Trinajstić information content (AvgIpc) is 3.07. The zero-order chi connectivity index (χ0) is 18.3. The van der Waals surface area contributed by atoms with Crippen molar-refractivity contribution < 1.29 is 13.2 Å². The summed E-state index contributed by atoms with van der Waals surface area (Å²) in [5, 5.41) is 12.1. The van der Waals surface area contributed by atoms with E-state index in [1.807, 2.05) is 19.1 Å². The summed E-state index contributed by atoms with van der Waals surface area (Å²) in [6.07, 6.45) is 1.09. The molecule has 3 heterocycles.